The minimum Gasteiger partial charge on any atom is -0.444 e. The molecule has 0 aliphatic carbocycles. The summed E-state index contributed by atoms with van der Waals surface area (Å²) in [5.41, 5.74) is 1.05. The highest BCUT2D eigenvalue weighted by Gasteiger charge is 2.39. The Morgan fingerprint density at radius 3 is 1.94 bits per heavy atom. The van der Waals surface area contributed by atoms with Crippen LogP contribution in [0.4, 0.5) is 4.79 Å². The lowest BCUT2D eigenvalue weighted by Gasteiger charge is -2.39. The summed E-state index contributed by atoms with van der Waals surface area (Å²) in [6.07, 6.45) is -1.70. The first kappa shape index (κ1) is 28.6. The van der Waals surface area contributed by atoms with E-state index < -0.39 is 32.4 Å². The summed E-state index contributed by atoms with van der Waals surface area (Å²) in [7, 11) is 1.04. The summed E-state index contributed by atoms with van der Waals surface area (Å²) < 4.78 is 22.4. The Bertz CT molecular complexity index is 705. The SMILES string of the molecule is COC(OC)c1ccc([C@@H](O)C[C@H](CNC(=O)OC(C)(C)C)O[Si](C)(C)C(C)(C)C)cc1. The normalized spacial score (nSPS) is 14.9. The van der Waals surface area contributed by atoms with Crippen molar-refractivity contribution in [2.75, 3.05) is 20.8 Å². The summed E-state index contributed by atoms with van der Waals surface area (Å²) in [4.78, 5) is 12.2. The number of benzene rings is 1. The molecule has 1 rings (SSSR count). The van der Waals surface area contributed by atoms with E-state index >= 15 is 0 Å². The van der Waals surface area contributed by atoms with E-state index in [9.17, 15) is 9.90 Å². The van der Waals surface area contributed by atoms with Gasteiger partial charge < -0.3 is 29.1 Å². The Morgan fingerprint density at radius 2 is 1.50 bits per heavy atom. The second-order valence-electron chi connectivity index (χ2n) is 10.6. The number of nitrogens with one attached hydrogen (secondary N) is 1. The molecule has 0 aliphatic heterocycles. The standard InChI is InChI=1S/C24H43NO6Si/c1-23(2,3)30-22(27)25-16-19(31-32(9,10)24(4,5)6)15-20(26)17-11-13-18(14-12-17)21(28-7)29-8/h11-14,19-21,26H,15-16H2,1-10H3,(H,25,27)/t19-,20+/m1/s1. The number of alkyl carbamates (subject to hydrolysis) is 1. The first-order chi connectivity index (χ1) is 14.6. The molecule has 2 atom stereocenters. The summed E-state index contributed by atoms with van der Waals surface area (Å²) in [5, 5.41) is 13.7. The second-order valence-corrected chi connectivity index (χ2v) is 15.4. The van der Waals surface area contributed by atoms with E-state index in [-0.39, 0.29) is 17.7 Å². The van der Waals surface area contributed by atoms with E-state index in [1.54, 1.807) is 14.2 Å². The van der Waals surface area contributed by atoms with E-state index in [2.05, 4.69) is 39.2 Å². The summed E-state index contributed by atoms with van der Waals surface area (Å²) in [6, 6.07) is 7.46. The van der Waals surface area contributed by atoms with Gasteiger partial charge in [-0.3, -0.25) is 0 Å². The van der Waals surface area contributed by atoms with Crippen LogP contribution in [0.15, 0.2) is 24.3 Å². The molecule has 184 valence electrons. The van der Waals surface area contributed by atoms with Gasteiger partial charge in [0.1, 0.15) is 5.60 Å². The maximum atomic E-state index is 12.2. The molecule has 0 aliphatic rings. The van der Waals surface area contributed by atoms with E-state index in [0.29, 0.717) is 6.42 Å². The molecule has 0 heterocycles. The highest BCUT2D eigenvalue weighted by Crippen LogP contribution is 2.38. The Morgan fingerprint density at radius 1 is 1.00 bits per heavy atom. The van der Waals surface area contributed by atoms with Gasteiger partial charge in [-0.25, -0.2) is 4.79 Å². The monoisotopic (exact) mass is 469 g/mol. The molecule has 0 unspecified atom stereocenters. The van der Waals surface area contributed by atoms with Crippen LogP contribution in [0.1, 0.15) is 71.5 Å². The number of hydrogen-bond acceptors (Lipinski definition) is 6. The van der Waals surface area contributed by atoms with Crippen molar-refractivity contribution in [2.45, 2.75) is 90.2 Å². The van der Waals surface area contributed by atoms with Gasteiger partial charge in [-0.05, 0) is 44.5 Å². The zero-order valence-electron chi connectivity index (χ0n) is 21.4. The van der Waals surface area contributed by atoms with Crippen LogP contribution in [0.5, 0.6) is 0 Å². The highest BCUT2D eigenvalue weighted by atomic mass is 28.4. The van der Waals surface area contributed by atoms with E-state index in [1.807, 2.05) is 45.0 Å². The zero-order valence-corrected chi connectivity index (χ0v) is 22.4. The molecule has 0 saturated carbocycles. The maximum Gasteiger partial charge on any atom is 0.407 e. The third kappa shape index (κ3) is 9.19. The summed E-state index contributed by atoms with van der Waals surface area (Å²) >= 11 is 0. The number of amides is 1. The topological polar surface area (TPSA) is 86.2 Å². The molecule has 7 nitrogen and oxygen atoms in total. The van der Waals surface area contributed by atoms with Crippen molar-refractivity contribution in [3.05, 3.63) is 35.4 Å². The van der Waals surface area contributed by atoms with Crippen molar-refractivity contribution in [3.63, 3.8) is 0 Å². The van der Waals surface area contributed by atoms with E-state index in [0.717, 1.165) is 11.1 Å². The minimum atomic E-state index is -2.12. The van der Waals surface area contributed by atoms with Crippen molar-refractivity contribution in [1.82, 2.24) is 5.32 Å². The third-order valence-corrected chi connectivity index (χ3v) is 10.2. The Hall–Kier alpha value is -1.45. The van der Waals surface area contributed by atoms with Gasteiger partial charge in [0.25, 0.3) is 0 Å². The van der Waals surface area contributed by atoms with Crippen molar-refractivity contribution < 1.29 is 28.5 Å². The van der Waals surface area contributed by atoms with Crippen molar-refractivity contribution in [3.8, 4) is 0 Å². The van der Waals surface area contributed by atoms with Gasteiger partial charge >= 0.3 is 6.09 Å². The molecule has 0 fully saturated rings. The van der Waals surface area contributed by atoms with Crippen molar-refractivity contribution >= 4 is 14.4 Å². The Labute approximate surface area is 194 Å². The third-order valence-electron chi connectivity index (χ3n) is 5.65. The van der Waals surface area contributed by atoms with Crippen molar-refractivity contribution in [2.24, 2.45) is 0 Å². The molecule has 0 saturated heterocycles. The van der Waals surface area contributed by atoms with Crippen LogP contribution >= 0.6 is 0 Å². The lowest BCUT2D eigenvalue weighted by molar-refractivity contribution is -0.106. The molecule has 8 heteroatoms. The van der Waals surface area contributed by atoms with E-state index in [4.69, 9.17) is 18.6 Å². The lowest BCUT2D eigenvalue weighted by Crippen LogP contribution is -2.47. The average molecular weight is 470 g/mol. The molecule has 2 N–H and O–H groups in total. The number of carbonyl (C=O) groups excluding carboxylic acids is 1. The quantitative estimate of drug-likeness (QED) is 0.356. The number of rotatable bonds is 10. The molecule has 0 bridgehead atoms. The van der Waals surface area contributed by atoms with Gasteiger partial charge in [0.15, 0.2) is 14.6 Å². The first-order valence-corrected chi connectivity index (χ1v) is 14.0. The number of hydrogen-bond donors (Lipinski definition) is 2. The molecular weight excluding hydrogens is 426 g/mol. The Kier molecular flexibility index (Phi) is 10.4. The predicted molar refractivity (Wildman–Crippen MR) is 129 cm³/mol. The fourth-order valence-electron chi connectivity index (χ4n) is 2.91. The number of aliphatic hydroxyl groups is 1. The summed E-state index contributed by atoms with van der Waals surface area (Å²) in [6.45, 7) is 16.5. The fraction of sp³-hybridized carbons (Fsp3) is 0.708. The van der Waals surface area contributed by atoms with Gasteiger partial charge in [0.05, 0.1) is 12.2 Å². The van der Waals surface area contributed by atoms with Crippen LogP contribution < -0.4 is 5.32 Å². The molecule has 1 aromatic carbocycles. The number of methoxy groups -OCH3 is 2. The number of ether oxygens (including phenoxy) is 3. The van der Waals surface area contributed by atoms with Crippen LogP contribution in [0, 0.1) is 0 Å². The molecule has 1 aromatic rings. The Balaban J connectivity index is 2.94. The van der Waals surface area contributed by atoms with Gasteiger partial charge in [-0.15, -0.1) is 0 Å². The summed E-state index contributed by atoms with van der Waals surface area (Å²) in [5.74, 6) is 0. The molecule has 0 radical (unpaired) electrons. The van der Waals surface area contributed by atoms with Crippen LogP contribution in [-0.2, 0) is 18.6 Å². The lowest BCUT2D eigenvalue weighted by atomic mass is 10.0. The number of carbonyl (C=O) groups is 1. The predicted octanol–water partition coefficient (Wildman–Crippen LogP) is 5.32. The van der Waals surface area contributed by atoms with E-state index in [1.165, 1.54) is 0 Å². The molecule has 1 amide bonds. The fourth-order valence-corrected chi connectivity index (χ4v) is 4.27. The van der Waals surface area contributed by atoms with Gasteiger partial charge in [0, 0.05) is 32.7 Å². The number of aliphatic hydroxyl groups excluding tert-OH is 1. The van der Waals surface area contributed by atoms with Gasteiger partial charge in [0.2, 0.25) is 0 Å². The minimum absolute atomic E-state index is 0.000906. The highest BCUT2D eigenvalue weighted by molar-refractivity contribution is 6.74. The zero-order chi connectivity index (χ0) is 24.7. The molecular formula is C24H43NO6Si. The van der Waals surface area contributed by atoms with Gasteiger partial charge in [-0.2, -0.15) is 0 Å². The maximum absolute atomic E-state index is 12.2. The van der Waals surface area contributed by atoms with Crippen LogP contribution in [0.2, 0.25) is 18.1 Å². The van der Waals surface area contributed by atoms with Crippen LogP contribution in [0.3, 0.4) is 0 Å². The largest absolute Gasteiger partial charge is 0.444 e. The second kappa shape index (κ2) is 11.6. The average Bonchev–Trinajstić information content (AvgIpc) is 2.65. The van der Waals surface area contributed by atoms with Crippen LogP contribution in [-0.4, -0.2) is 52.0 Å². The molecule has 0 aromatic heterocycles. The van der Waals surface area contributed by atoms with Gasteiger partial charge in [-0.1, -0.05) is 45.0 Å². The smallest absolute Gasteiger partial charge is 0.407 e. The van der Waals surface area contributed by atoms with Crippen molar-refractivity contribution in [1.29, 1.82) is 0 Å². The molecule has 0 spiro atoms. The first-order valence-electron chi connectivity index (χ1n) is 11.1. The molecule has 32 heavy (non-hydrogen) atoms. The van der Waals surface area contributed by atoms with Crippen LogP contribution in [0.25, 0.3) is 0 Å².